The van der Waals surface area contributed by atoms with Crippen molar-refractivity contribution in [1.29, 1.82) is 0 Å². The van der Waals surface area contributed by atoms with Crippen molar-refractivity contribution in [2.45, 2.75) is 12.8 Å². The molecule has 1 aliphatic heterocycles. The topological polar surface area (TPSA) is 128 Å². The molecule has 0 saturated carbocycles. The van der Waals surface area contributed by atoms with Crippen LogP contribution < -0.4 is 11.1 Å². The van der Waals surface area contributed by atoms with E-state index in [1.54, 1.807) is 0 Å². The summed E-state index contributed by atoms with van der Waals surface area (Å²) in [7, 11) is 0. The van der Waals surface area contributed by atoms with Gasteiger partial charge >= 0.3 is 0 Å². The average molecular weight is 289 g/mol. The van der Waals surface area contributed by atoms with Crippen molar-refractivity contribution in [2.75, 3.05) is 30.7 Å². The number of likely N-dealkylation sites (tertiary alicyclic amines) is 1. The van der Waals surface area contributed by atoms with Crippen molar-refractivity contribution < 1.29 is 4.79 Å². The minimum Gasteiger partial charge on any atom is -0.368 e. The molecule has 2 aromatic heterocycles. The minimum atomic E-state index is 0.0220. The van der Waals surface area contributed by atoms with Gasteiger partial charge in [-0.1, -0.05) is 0 Å². The number of amides is 1. The molecule has 1 aliphatic rings. The fraction of sp³-hybridized carbons (Fsp3) is 0.455. The zero-order chi connectivity index (χ0) is 14.7. The lowest BCUT2D eigenvalue weighted by atomic mass is 10.4. The number of aromatic nitrogens is 6. The van der Waals surface area contributed by atoms with Crippen LogP contribution >= 0.6 is 0 Å². The van der Waals surface area contributed by atoms with Gasteiger partial charge in [-0.2, -0.15) is 24.7 Å². The zero-order valence-corrected chi connectivity index (χ0v) is 11.3. The van der Waals surface area contributed by atoms with E-state index in [1.807, 2.05) is 4.90 Å². The summed E-state index contributed by atoms with van der Waals surface area (Å²) in [6.07, 6.45) is 4.93. The summed E-state index contributed by atoms with van der Waals surface area (Å²) in [6.45, 7) is 1.74. The Morgan fingerprint density at radius 1 is 1.29 bits per heavy atom. The fourth-order valence-corrected chi connectivity index (χ4v) is 2.11. The number of nitrogen functional groups attached to an aromatic ring is 1. The van der Waals surface area contributed by atoms with E-state index in [0.717, 1.165) is 25.9 Å². The molecule has 2 aromatic rings. The van der Waals surface area contributed by atoms with Gasteiger partial charge in [0.15, 0.2) is 0 Å². The van der Waals surface area contributed by atoms with Crippen LogP contribution in [0.2, 0.25) is 0 Å². The number of hydrogen-bond donors (Lipinski definition) is 2. The number of nitrogens with one attached hydrogen (secondary N) is 1. The van der Waals surface area contributed by atoms with Gasteiger partial charge in [-0.25, -0.2) is 4.98 Å². The number of anilines is 2. The molecule has 0 aromatic carbocycles. The lowest BCUT2D eigenvalue weighted by molar-refractivity contribution is -0.128. The zero-order valence-electron chi connectivity index (χ0n) is 11.3. The van der Waals surface area contributed by atoms with E-state index in [9.17, 15) is 4.79 Å². The highest BCUT2D eigenvalue weighted by atomic mass is 16.2. The summed E-state index contributed by atoms with van der Waals surface area (Å²) in [5, 5.41) is 6.79. The van der Waals surface area contributed by atoms with Gasteiger partial charge in [0.2, 0.25) is 17.8 Å². The third-order valence-corrected chi connectivity index (χ3v) is 3.12. The summed E-state index contributed by atoms with van der Waals surface area (Å²) < 4.78 is 1.37. The van der Waals surface area contributed by atoms with Gasteiger partial charge in [0.1, 0.15) is 12.7 Å². The summed E-state index contributed by atoms with van der Waals surface area (Å²) in [5.74, 6) is 0.553. The smallest absolute Gasteiger partial charge is 0.258 e. The first-order valence-electron chi connectivity index (χ1n) is 6.60. The van der Waals surface area contributed by atoms with Crippen LogP contribution in [0.15, 0.2) is 12.7 Å². The summed E-state index contributed by atoms with van der Waals surface area (Å²) in [4.78, 5) is 29.6. The lowest BCUT2D eigenvalue weighted by Crippen LogP contribution is -2.33. The normalized spacial score (nSPS) is 14.4. The van der Waals surface area contributed by atoms with E-state index in [-0.39, 0.29) is 30.3 Å². The van der Waals surface area contributed by atoms with Crippen molar-refractivity contribution in [2.24, 2.45) is 0 Å². The maximum absolute atomic E-state index is 12.0. The molecule has 1 fully saturated rings. The highest BCUT2D eigenvalue weighted by Crippen LogP contribution is 2.09. The Hall–Kier alpha value is -2.78. The van der Waals surface area contributed by atoms with Gasteiger partial charge < -0.3 is 16.0 Å². The van der Waals surface area contributed by atoms with Gasteiger partial charge in [-0.15, -0.1) is 0 Å². The van der Waals surface area contributed by atoms with E-state index >= 15 is 0 Å². The number of carbonyl (C=O) groups is 1. The highest BCUT2D eigenvalue weighted by molar-refractivity contribution is 5.80. The van der Waals surface area contributed by atoms with Crippen LogP contribution in [0.5, 0.6) is 0 Å². The maximum atomic E-state index is 12.0. The van der Waals surface area contributed by atoms with Crippen LogP contribution in [0.1, 0.15) is 12.8 Å². The van der Waals surface area contributed by atoms with E-state index in [1.165, 1.54) is 17.3 Å². The first-order chi connectivity index (χ1) is 10.2. The molecule has 0 spiro atoms. The van der Waals surface area contributed by atoms with Crippen LogP contribution in [0.3, 0.4) is 0 Å². The number of nitrogens with two attached hydrogens (primary N) is 1. The minimum absolute atomic E-state index is 0.0220. The molecular weight excluding hydrogens is 274 g/mol. The molecule has 0 bridgehead atoms. The fourth-order valence-electron chi connectivity index (χ4n) is 2.11. The van der Waals surface area contributed by atoms with E-state index in [4.69, 9.17) is 5.73 Å². The monoisotopic (exact) mass is 289 g/mol. The summed E-state index contributed by atoms with van der Waals surface area (Å²) in [6, 6.07) is 0. The summed E-state index contributed by atoms with van der Waals surface area (Å²) in [5.41, 5.74) is 5.63. The predicted octanol–water partition coefficient (Wildman–Crippen LogP) is -0.931. The van der Waals surface area contributed by atoms with Crippen molar-refractivity contribution in [1.82, 2.24) is 34.6 Å². The Bertz CT molecular complexity index is 621. The second kappa shape index (κ2) is 5.69. The van der Waals surface area contributed by atoms with Crippen molar-refractivity contribution in [3.8, 4) is 5.95 Å². The molecule has 0 unspecified atom stereocenters. The number of carbonyl (C=O) groups excluding carboxylic acids is 1. The third kappa shape index (κ3) is 3.04. The Labute approximate surface area is 120 Å². The Morgan fingerprint density at radius 2 is 2.10 bits per heavy atom. The van der Waals surface area contributed by atoms with E-state index < -0.39 is 0 Å². The molecule has 0 atom stereocenters. The quantitative estimate of drug-likeness (QED) is 0.738. The molecule has 1 saturated heterocycles. The number of hydrogen-bond acceptors (Lipinski definition) is 8. The van der Waals surface area contributed by atoms with Gasteiger partial charge in [-0.3, -0.25) is 4.79 Å². The number of nitrogens with zero attached hydrogens (tertiary/aromatic N) is 7. The summed E-state index contributed by atoms with van der Waals surface area (Å²) >= 11 is 0. The molecule has 0 radical (unpaired) electrons. The molecule has 10 heteroatoms. The highest BCUT2D eigenvalue weighted by Gasteiger charge is 2.18. The maximum Gasteiger partial charge on any atom is 0.258 e. The molecule has 3 heterocycles. The van der Waals surface area contributed by atoms with Crippen LogP contribution in [0.4, 0.5) is 11.9 Å². The number of rotatable bonds is 4. The van der Waals surface area contributed by atoms with Gasteiger partial charge in [0.05, 0.1) is 6.54 Å². The van der Waals surface area contributed by atoms with E-state index in [0.29, 0.717) is 0 Å². The average Bonchev–Trinajstić information content (AvgIpc) is 3.16. The third-order valence-electron chi connectivity index (χ3n) is 3.12. The molecule has 3 N–H and O–H groups in total. The first kappa shape index (κ1) is 13.2. The Kier molecular flexibility index (Phi) is 3.58. The molecule has 1 amide bonds. The van der Waals surface area contributed by atoms with Crippen LogP contribution in [-0.2, 0) is 4.79 Å². The predicted molar refractivity (Wildman–Crippen MR) is 73.5 cm³/mol. The molecule has 110 valence electrons. The molecule has 10 nitrogen and oxygen atoms in total. The molecular formula is C11H15N9O. The molecule has 3 rings (SSSR count). The standard InChI is InChI=1S/C11H15N9O/c12-9-16-10(14-5-8(21)19-3-1-2-4-19)18-11(17-9)20-7-13-6-15-20/h6-7H,1-5H2,(H3,12,14,16,17,18). The van der Waals surface area contributed by atoms with E-state index in [2.05, 4.69) is 30.4 Å². The van der Waals surface area contributed by atoms with Gasteiger partial charge in [-0.05, 0) is 12.8 Å². The van der Waals surface area contributed by atoms with Crippen molar-refractivity contribution >= 4 is 17.8 Å². The Balaban J connectivity index is 1.69. The first-order valence-corrected chi connectivity index (χ1v) is 6.60. The molecule has 21 heavy (non-hydrogen) atoms. The lowest BCUT2D eigenvalue weighted by Gasteiger charge is -2.15. The van der Waals surface area contributed by atoms with Gasteiger partial charge in [0.25, 0.3) is 5.95 Å². The SMILES string of the molecule is Nc1nc(NCC(=O)N2CCCC2)nc(-n2cncn2)n1. The largest absolute Gasteiger partial charge is 0.368 e. The molecule has 0 aliphatic carbocycles. The second-order valence-electron chi connectivity index (χ2n) is 4.60. The Morgan fingerprint density at radius 3 is 2.81 bits per heavy atom. The second-order valence-corrected chi connectivity index (χ2v) is 4.60. The van der Waals surface area contributed by atoms with Crippen LogP contribution in [0.25, 0.3) is 5.95 Å². The van der Waals surface area contributed by atoms with Crippen molar-refractivity contribution in [3.63, 3.8) is 0 Å². The van der Waals surface area contributed by atoms with Gasteiger partial charge in [0, 0.05) is 13.1 Å². The van der Waals surface area contributed by atoms with Crippen molar-refractivity contribution in [3.05, 3.63) is 12.7 Å². The van der Waals surface area contributed by atoms with Crippen LogP contribution in [0, 0.1) is 0 Å². The van der Waals surface area contributed by atoms with Crippen LogP contribution in [-0.4, -0.2) is 60.2 Å².